The maximum Gasteiger partial charge on any atom is 0.224 e. The first-order valence-corrected chi connectivity index (χ1v) is 7.21. The molecule has 5 nitrogen and oxygen atoms in total. The van der Waals surface area contributed by atoms with Crippen molar-refractivity contribution in [1.82, 2.24) is 4.90 Å². The van der Waals surface area contributed by atoms with Gasteiger partial charge < -0.3 is 15.0 Å². The highest BCUT2D eigenvalue weighted by Crippen LogP contribution is 2.09. The molecule has 0 aliphatic heterocycles. The highest BCUT2D eigenvalue weighted by molar-refractivity contribution is 5.90. The Balaban J connectivity index is 2.28. The van der Waals surface area contributed by atoms with Gasteiger partial charge in [-0.3, -0.25) is 4.79 Å². The van der Waals surface area contributed by atoms with Crippen molar-refractivity contribution in [1.29, 1.82) is 5.26 Å². The lowest BCUT2D eigenvalue weighted by Gasteiger charge is -2.19. The Morgan fingerprint density at radius 3 is 2.62 bits per heavy atom. The molecule has 0 saturated carbocycles. The van der Waals surface area contributed by atoms with Crippen molar-refractivity contribution in [3.8, 4) is 6.07 Å². The van der Waals surface area contributed by atoms with Crippen LogP contribution in [0, 0.1) is 11.3 Å². The molecule has 21 heavy (non-hydrogen) atoms. The zero-order valence-electron chi connectivity index (χ0n) is 12.8. The lowest BCUT2D eigenvalue weighted by molar-refractivity contribution is -0.116. The molecule has 0 bridgehead atoms. The normalized spacial score (nSPS) is 10.4. The first-order chi connectivity index (χ1) is 10.2. The Kier molecular flexibility index (Phi) is 8.10. The second kappa shape index (κ2) is 9.92. The zero-order chi connectivity index (χ0) is 15.5. The van der Waals surface area contributed by atoms with Gasteiger partial charge in [0.2, 0.25) is 5.91 Å². The number of amides is 1. The highest BCUT2D eigenvalue weighted by atomic mass is 16.5. The maximum atomic E-state index is 11.8. The summed E-state index contributed by atoms with van der Waals surface area (Å²) in [4.78, 5) is 14.1. The molecule has 0 unspecified atom stereocenters. The summed E-state index contributed by atoms with van der Waals surface area (Å²) in [6.45, 7) is 5.56. The fourth-order valence-electron chi connectivity index (χ4n) is 1.96. The van der Waals surface area contributed by atoms with Crippen LogP contribution in [0.5, 0.6) is 0 Å². The van der Waals surface area contributed by atoms with E-state index >= 15 is 0 Å². The van der Waals surface area contributed by atoms with Crippen LogP contribution in [0.4, 0.5) is 5.69 Å². The van der Waals surface area contributed by atoms with Crippen molar-refractivity contribution < 1.29 is 9.53 Å². The monoisotopic (exact) mass is 289 g/mol. The molecule has 0 radical (unpaired) electrons. The molecular formula is C16H23N3O2. The van der Waals surface area contributed by atoms with E-state index in [9.17, 15) is 4.79 Å². The van der Waals surface area contributed by atoms with E-state index in [-0.39, 0.29) is 5.91 Å². The number of nitriles is 1. The molecule has 0 aliphatic carbocycles. The quantitative estimate of drug-likeness (QED) is 0.757. The number of rotatable bonds is 9. The third-order valence-electron chi connectivity index (χ3n) is 3.23. The Hall–Kier alpha value is -1.90. The molecule has 1 rings (SSSR count). The molecule has 0 spiro atoms. The van der Waals surface area contributed by atoms with Crippen LogP contribution in [-0.4, -0.2) is 44.2 Å². The summed E-state index contributed by atoms with van der Waals surface area (Å²) < 4.78 is 5.06. The van der Waals surface area contributed by atoms with E-state index < -0.39 is 0 Å². The van der Waals surface area contributed by atoms with Gasteiger partial charge in [0.15, 0.2) is 0 Å². The van der Waals surface area contributed by atoms with Gasteiger partial charge in [0.25, 0.3) is 0 Å². The van der Waals surface area contributed by atoms with Crippen molar-refractivity contribution in [3.63, 3.8) is 0 Å². The molecule has 0 atom stereocenters. The topological polar surface area (TPSA) is 65.4 Å². The molecule has 0 heterocycles. The van der Waals surface area contributed by atoms with Gasteiger partial charge in [0.1, 0.15) is 0 Å². The minimum atomic E-state index is 0.00232. The first-order valence-electron chi connectivity index (χ1n) is 7.21. The van der Waals surface area contributed by atoms with E-state index in [0.717, 1.165) is 31.7 Å². The molecule has 1 N–H and O–H groups in total. The first kappa shape index (κ1) is 17.2. The second-order valence-corrected chi connectivity index (χ2v) is 4.77. The van der Waals surface area contributed by atoms with Crippen LogP contribution in [0.15, 0.2) is 24.3 Å². The lowest BCUT2D eigenvalue weighted by Crippen LogP contribution is -2.29. The van der Waals surface area contributed by atoms with E-state index in [0.29, 0.717) is 18.6 Å². The predicted molar refractivity (Wildman–Crippen MR) is 83.0 cm³/mol. The van der Waals surface area contributed by atoms with Crippen molar-refractivity contribution in [3.05, 3.63) is 29.8 Å². The van der Waals surface area contributed by atoms with Crippen LogP contribution in [0.25, 0.3) is 0 Å². The summed E-state index contributed by atoms with van der Waals surface area (Å²) in [6, 6.07) is 8.92. The fourth-order valence-corrected chi connectivity index (χ4v) is 1.96. The Morgan fingerprint density at radius 1 is 1.33 bits per heavy atom. The summed E-state index contributed by atoms with van der Waals surface area (Å²) in [5.74, 6) is 0.00232. The van der Waals surface area contributed by atoms with Crippen LogP contribution >= 0.6 is 0 Å². The number of hydrogen-bond acceptors (Lipinski definition) is 4. The number of benzene rings is 1. The molecule has 5 heteroatoms. The van der Waals surface area contributed by atoms with Crippen LogP contribution < -0.4 is 5.32 Å². The van der Waals surface area contributed by atoms with Crippen molar-refractivity contribution in [2.24, 2.45) is 0 Å². The van der Waals surface area contributed by atoms with Gasteiger partial charge in [0.05, 0.1) is 18.2 Å². The predicted octanol–water partition coefficient (Wildman–Crippen LogP) is 2.25. The number of ether oxygens (including phenoxy) is 1. The minimum Gasteiger partial charge on any atom is -0.383 e. The Morgan fingerprint density at radius 2 is 2.05 bits per heavy atom. The third-order valence-corrected chi connectivity index (χ3v) is 3.23. The second-order valence-electron chi connectivity index (χ2n) is 4.77. The zero-order valence-corrected chi connectivity index (χ0v) is 12.8. The number of hydrogen-bond donors (Lipinski definition) is 1. The molecule has 1 aromatic rings. The highest BCUT2D eigenvalue weighted by Gasteiger charge is 2.05. The molecular weight excluding hydrogens is 266 g/mol. The third kappa shape index (κ3) is 6.89. The summed E-state index contributed by atoms with van der Waals surface area (Å²) in [5.41, 5.74) is 1.32. The van der Waals surface area contributed by atoms with Crippen LogP contribution in [0.2, 0.25) is 0 Å². The molecule has 0 aliphatic rings. The summed E-state index contributed by atoms with van der Waals surface area (Å²) in [5, 5.41) is 11.5. The van der Waals surface area contributed by atoms with E-state index in [2.05, 4.69) is 17.1 Å². The van der Waals surface area contributed by atoms with Gasteiger partial charge in [-0.15, -0.1) is 0 Å². The van der Waals surface area contributed by atoms with E-state index in [1.54, 1.807) is 31.4 Å². The molecule has 0 saturated heterocycles. The number of carbonyl (C=O) groups is 1. The van der Waals surface area contributed by atoms with Gasteiger partial charge in [-0.05, 0) is 43.8 Å². The maximum absolute atomic E-state index is 11.8. The number of nitrogens with zero attached hydrogens (tertiary/aromatic N) is 2. The van der Waals surface area contributed by atoms with Crippen molar-refractivity contribution >= 4 is 11.6 Å². The SMILES string of the molecule is CCN(CCCC(=O)Nc1ccc(C#N)cc1)CCOC. The molecule has 0 fully saturated rings. The summed E-state index contributed by atoms with van der Waals surface area (Å²) in [6.07, 6.45) is 1.31. The van der Waals surface area contributed by atoms with Gasteiger partial charge in [-0.2, -0.15) is 5.26 Å². The average molecular weight is 289 g/mol. The van der Waals surface area contributed by atoms with Gasteiger partial charge >= 0.3 is 0 Å². The Bertz CT molecular complexity index is 465. The largest absolute Gasteiger partial charge is 0.383 e. The minimum absolute atomic E-state index is 0.00232. The number of methoxy groups -OCH3 is 1. The Labute approximate surface area is 126 Å². The van der Waals surface area contributed by atoms with E-state index in [1.807, 2.05) is 6.07 Å². The molecule has 1 aromatic carbocycles. The summed E-state index contributed by atoms with van der Waals surface area (Å²) >= 11 is 0. The van der Waals surface area contributed by atoms with Crippen molar-refractivity contribution in [2.75, 3.05) is 38.7 Å². The lowest BCUT2D eigenvalue weighted by atomic mass is 10.2. The van der Waals surface area contributed by atoms with Gasteiger partial charge in [-0.1, -0.05) is 6.92 Å². The van der Waals surface area contributed by atoms with E-state index in [1.165, 1.54) is 0 Å². The van der Waals surface area contributed by atoms with Crippen LogP contribution in [0.3, 0.4) is 0 Å². The van der Waals surface area contributed by atoms with Crippen molar-refractivity contribution in [2.45, 2.75) is 19.8 Å². The fraction of sp³-hybridized carbons (Fsp3) is 0.500. The smallest absolute Gasteiger partial charge is 0.224 e. The van der Waals surface area contributed by atoms with Gasteiger partial charge in [-0.25, -0.2) is 0 Å². The molecule has 0 aromatic heterocycles. The van der Waals surface area contributed by atoms with Gasteiger partial charge in [0, 0.05) is 25.8 Å². The number of likely N-dealkylation sites (N-methyl/N-ethyl adjacent to an activating group) is 1. The molecule has 1 amide bonds. The number of anilines is 1. The molecule has 114 valence electrons. The summed E-state index contributed by atoms with van der Waals surface area (Å²) in [7, 11) is 1.69. The standard InChI is InChI=1S/C16H23N3O2/c1-3-19(11-12-21-2)10-4-5-16(20)18-15-8-6-14(13-17)7-9-15/h6-9H,3-5,10-12H2,1-2H3,(H,18,20). The van der Waals surface area contributed by atoms with E-state index in [4.69, 9.17) is 10.00 Å². The number of carbonyl (C=O) groups excluding carboxylic acids is 1. The van der Waals surface area contributed by atoms with Crippen LogP contribution in [0.1, 0.15) is 25.3 Å². The van der Waals surface area contributed by atoms with Crippen LogP contribution in [-0.2, 0) is 9.53 Å². The average Bonchev–Trinajstić information content (AvgIpc) is 2.51. The number of nitrogens with one attached hydrogen (secondary N) is 1.